The predicted octanol–water partition coefficient (Wildman–Crippen LogP) is 2.64. The number of likely N-dealkylation sites (tertiary alicyclic amines) is 1. The highest BCUT2D eigenvalue weighted by atomic mass is 16.6. The Morgan fingerprint density at radius 2 is 1.83 bits per heavy atom. The van der Waals surface area contributed by atoms with E-state index in [1.165, 1.54) is 11.1 Å². The molecule has 1 aromatic rings. The molecule has 2 rings (SSSR count). The summed E-state index contributed by atoms with van der Waals surface area (Å²) >= 11 is 0. The zero-order chi connectivity index (χ0) is 21.2. The lowest BCUT2D eigenvalue weighted by Crippen LogP contribution is -2.88. The van der Waals surface area contributed by atoms with Crippen LogP contribution in [0.3, 0.4) is 0 Å². The first-order valence-corrected chi connectivity index (χ1v) is 11.1. The van der Waals surface area contributed by atoms with E-state index >= 15 is 0 Å². The molecule has 0 saturated carbocycles. The number of nitrogens with two attached hydrogens (primary N) is 1. The van der Waals surface area contributed by atoms with Gasteiger partial charge in [0.05, 0.1) is 6.61 Å². The highest BCUT2D eigenvalue weighted by molar-refractivity contribution is 5.77. The van der Waals surface area contributed by atoms with E-state index in [4.69, 9.17) is 4.74 Å². The van der Waals surface area contributed by atoms with E-state index in [1.807, 2.05) is 6.92 Å². The summed E-state index contributed by atoms with van der Waals surface area (Å²) in [4.78, 5) is 26.0. The third-order valence-electron chi connectivity index (χ3n) is 5.56. The maximum Gasteiger partial charge on any atom is 0.409 e. The van der Waals surface area contributed by atoms with Gasteiger partial charge in [-0.2, -0.15) is 0 Å². The fourth-order valence-electron chi connectivity index (χ4n) is 3.93. The van der Waals surface area contributed by atoms with Gasteiger partial charge in [0.1, 0.15) is 6.04 Å². The average molecular weight is 405 g/mol. The molecule has 6 nitrogen and oxygen atoms in total. The van der Waals surface area contributed by atoms with Crippen LogP contribution >= 0.6 is 0 Å². The van der Waals surface area contributed by atoms with Crippen LogP contribution in [0.4, 0.5) is 4.79 Å². The fourth-order valence-corrected chi connectivity index (χ4v) is 3.93. The van der Waals surface area contributed by atoms with Crippen LogP contribution in [-0.2, 0) is 16.0 Å². The second-order valence-corrected chi connectivity index (χ2v) is 8.23. The van der Waals surface area contributed by atoms with Crippen molar-refractivity contribution in [3.05, 3.63) is 35.4 Å². The largest absolute Gasteiger partial charge is 0.450 e. The molecule has 0 radical (unpaired) electrons. The van der Waals surface area contributed by atoms with Crippen molar-refractivity contribution in [2.75, 3.05) is 26.2 Å². The number of benzene rings is 1. The summed E-state index contributed by atoms with van der Waals surface area (Å²) < 4.78 is 5.04. The van der Waals surface area contributed by atoms with Crippen molar-refractivity contribution in [3.63, 3.8) is 0 Å². The van der Waals surface area contributed by atoms with Crippen LogP contribution in [-0.4, -0.2) is 49.2 Å². The molecule has 0 aliphatic carbocycles. The molecule has 1 aromatic carbocycles. The Hall–Kier alpha value is -2.08. The van der Waals surface area contributed by atoms with Crippen molar-refractivity contribution < 1.29 is 19.6 Å². The maximum absolute atomic E-state index is 12.5. The van der Waals surface area contributed by atoms with Crippen molar-refractivity contribution in [2.24, 2.45) is 5.92 Å². The number of quaternary nitrogens is 1. The number of nitrogens with one attached hydrogen (secondary N) is 1. The molecular formula is C23H38N3O3+. The van der Waals surface area contributed by atoms with Gasteiger partial charge in [-0.1, -0.05) is 51.5 Å². The van der Waals surface area contributed by atoms with E-state index < -0.39 is 0 Å². The van der Waals surface area contributed by atoms with E-state index in [0.29, 0.717) is 32.2 Å². The quantitative estimate of drug-likeness (QED) is 0.664. The molecule has 1 saturated heterocycles. The van der Waals surface area contributed by atoms with Crippen LogP contribution in [0.2, 0.25) is 0 Å². The molecule has 162 valence electrons. The van der Waals surface area contributed by atoms with Gasteiger partial charge in [-0.3, -0.25) is 4.79 Å². The zero-order valence-corrected chi connectivity index (χ0v) is 18.4. The van der Waals surface area contributed by atoms with Gasteiger partial charge < -0.3 is 20.3 Å². The van der Waals surface area contributed by atoms with Crippen molar-refractivity contribution in [3.8, 4) is 0 Å². The lowest BCUT2D eigenvalue weighted by atomic mass is 9.94. The molecule has 1 fully saturated rings. The predicted molar refractivity (Wildman–Crippen MR) is 115 cm³/mol. The first kappa shape index (κ1) is 23.2. The van der Waals surface area contributed by atoms with Gasteiger partial charge in [0.25, 0.3) is 5.91 Å². The normalized spacial score (nSPS) is 16.0. The minimum Gasteiger partial charge on any atom is -0.450 e. The second-order valence-electron chi connectivity index (χ2n) is 8.23. The van der Waals surface area contributed by atoms with Crippen molar-refractivity contribution in [1.82, 2.24) is 10.2 Å². The van der Waals surface area contributed by atoms with Gasteiger partial charge in [0.2, 0.25) is 0 Å². The van der Waals surface area contributed by atoms with Crippen molar-refractivity contribution >= 4 is 12.0 Å². The molecule has 0 unspecified atom stereocenters. The Morgan fingerprint density at radius 1 is 1.17 bits per heavy atom. The van der Waals surface area contributed by atoms with Crippen LogP contribution in [0.15, 0.2) is 24.3 Å². The highest BCUT2D eigenvalue weighted by Gasteiger charge is 2.26. The van der Waals surface area contributed by atoms with Gasteiger partial charge in [0.15, 0.2) is 6.54 Å². The number of amides is 2. The molecule has 1 aliphatic rings. The molecule has 0 bridgehead atoms. The smallest absolute Gasteiger partial charge is 0.409 e. The van der Waals surface area contributed by atoms with Crippen LogP contribution in [0.5, 0.6) is 0 Å². The van der Waals surface area contributed by atoms with Gasteiger partial charge >= 0.3 is 6.09 Å². The number of carbonyl (C=O) groups is 2. The summed E-state index contributed by atoms with van der Waals surface area (Å²) in [6, 6.07) is 9.22. The first-order chi connectivity index (χ1) is 13.9. The van der Waals surface area contributed by atoms with Crippen LogP contribution in [0.1, 0.15) is 64.1 Å². The summed E-state index contributed by atoms with van der Waals surface area (Å²) in [7, 11) is 0. The summed E-state index contributed by atoms with van der Waals surface area (Å²) in [5.41, 5.74) is 2.64. The van der Waals surface area contributed by atoms with Gasteiger partial charge in [-0.05, 0) is 31.7 Å². The van der Waals surface area contributed by atoms with E-state index in [1.54, 1.807) is 4.90 Å². The molecule has 2 amide bonds. The number of ether oxygens (including phenoxy) is 1. The number of carbonyl (C=O) groups excluding carboxylic acids is 2. The van der Waals surface area contributed by atoms with E-state index in [9.17, 15) is 9.59 Å². The summed E-state index contributed by atoms with van der Waals surface area (Å²) in [5, 5.41) is 5.27. The monoisotopic (exact) mass is 404 g/mol. The Bertz CT molecular complexity index is 637. The Labute approximate surface area is 175 Å². The van der Waals surface area contributed by atoms with Gasteiger partial charge in [-0.15, -0.1) is 0 Å². The van der Waals surface area contributed by atoms with Gasteiger partial charge in [-0.25, -0.2) is 4.79 Å². The van der Waals surface area contributed by atoms with Crippen LogP contribution in [0, 0.1) is 5.92 Å². The molecule has 29 heavy (non-hydrogen) atoms. The zero-order valence-electron chi connectivity index (χ0n) is 18.4. The Kier molecular flexibility index (Phi) is 9.45. The Morgan fingerprint density at radius 3 is 2.38 bits per heavy atom. The van der Waals surface area contributed by atoms with E-state index in [0.717, 1.165) is 25.7 Å². The number of hydrogen-bond donors (Lipinski definition) is 2. The second kappa shape index (κ2) is 11.8. The minimum absolute atomic E-state index is 0.0628. The third-order valence-corrected chi connectivity index (χ3v) is 5.56. The number of rotatable bonds is 9. The minimum atomic E-state index is -0.254. The maximum atomic E-state index is 12.5. The lowest BCUT2D eigenvalue weighted by molar-refractivity contribution is -0.692. The SMILES string of the molecule is CCCc1ccc([C@@H]([NH2+]CC(=O)NC2CCN(C(=O)OCC)CC2)C(C)C)cc1. The number of aryl methyl sites for hydroxylation is 1. The number of piperidine rings is 1. The summed E-state index contributed by atoms with van der Waals surface area (Å²) in [6.45, 7) is 10.5. The first-order valence-electron chi connectivity index (χ1n) is 11.1. The van der Waals surface area contributed by atoms with Crippen LogP contribution < -0.4 is 10.6 Å². The molecule has 0 spiro atoms. The molecule has 1 heterocycles. The van der Waals surface area contributed by atoms with Gasteiger partial charge in [0, 0.05) is 30.6 Å². The summed E-state index contributed by atoms with van der Waals surface area (Å²) in [5.74, 6) is 0.500. The average Bonchev–Trinajstić information content (AvgIpc) is 2.70. The molecule has 6 heteroatoms. The highest BCUT2D eigenvalue weighted by Crippen LogP contribution is 2.18. The molecule has 3 N–H and O–H groups in total. The topological polar surface area (TPSA) is 75.3 Å². The molecule has 1 atom stereocenters. The van der Waals surface area contributed by atoms with Crippen molar-refractivity contribution in [2.45, 2.75) is 65.5 Å². The van der Waals surface area contributed by atoms with E-state index in [2.05, 4.69) is 55.7 Å². The van der Waals surface area contributed by atoms with Crippen LogP contribution in [0.25, 0.3) is 0 Å². The fraction of sp³-hybridized carbons (Fsp3) is 0.652. The number of hydrogen-bond acceptors (Lipinski definition) is 3. The number of nitrogens with zero attached hydrogens (tertiary/aromatic N) is 1. The molecule has 0 aromatic heterocycles. The standard InChI is InChI=1S/C23H37N3O3/c1-5-7-18-8-10-19(11-9-18)22(17(3)4)24-16-21(27)25-20-12-14-26(15-13-20)23(28)29-6-2/h8-11,17,20,22,24H,5-7,12-16H2,1-4H3,(H,25,27)/p+1/t22-/m0/s1. The van der Waals surface area contributed by atoms with Crippen molar-refractivity contribution in [1.29, 1.82) is 0 Å². The third kappa shape index (κ3) is 7.35. The lowest BCUT2D eigenvalue weighted by Gasteiger charge is -2.31. The molecule has 1 aliphatic heterocycles. The summed E-state index contributed by atoms with van der Waals surface area (Å²) in [6.07, 6.45) is 3.55. The van der Waals surface area contributed by atoms with E-state index in [-0.39, 0.29) is 24.1 Å². The Balaban J connectivity index is 1.80. The molecular weight excluding hydrogens is 366 g/mol.